The minimum absolute atomic E-state index is 0.00874. The lowest BCUT2D eigenvalue weighted by atomic mass is 9.84. The maximum atomic E-state index is 13.4. The first-order valence-corrected chi connectivity index (χ1v) is 11.0. The number of aromatic nitrogens is 1. The molecule has 0 spiro atoms. The van der Waals surface area contributed by atoms with Crippen LogP contribution < -0.4 is 5.32 Å². The van der Waals surface area contributed by atoms with Crippen molar-refractivity contribution in [1.82, 2.24) is 20.1 Å². The van der Waals surface area contributed by atoms with Gasteiger partial charge in [-0.3, -0.25) is 14.6 Å². The highest BCUT2D eigenvalue weighted by Gasteiger charge is 2.32. The normalized spacial score (nSPS) is 22.2. The zero-order chi connectivity index (χ0) is 21.8. The highest BCUT2D eigenvalue weighted by molar-refractivity contribution is 5.94. The summed E-state index contributed by atoms with van der Waals surface area (Å²) in [6.45, 7) is 3.40. The van der Waals surface area contributed by atoms with E-state index < -0.39 is 0 Å². The van der Waals surface area contributed by atoms with Crippen molar-refractivity contribution in [3.05, 3.63) is 54.0 Å². The summed E-state index contributed by atoms with van der Waals surface area (Å²) in [5.41, 5.74) is 1.75. The first-order chi connectivity index (χ1) is 15.0. The second-order valence-electron chi connectivity index (χ2n) is 8.60. The molecule has 2 heterocycles. The molecule has 2 fully saturated rings. The van der Waals surface area contributed by atoms with Crippen molar-refractivity contribution in [1.29, 1.82) is 0 Å². The molecule has 2 aliphatic rings. The molecule has 164 valence electrons. The van der Waals surface area contributed by atoms with Crippen molar-refractivity contribution in [2.75, 3.05) is 33.2 Å². The van der Waals surface area contributed by atoms with Crippen LogP contribution in [0.15, 0.2) is 42.6 Å². The molecule has 1 aliphatic heterocycles. The average Bonchev–Trinajstić information content (AvgIpc) is 2.79. The van der Waals surface area contributed by atoms with Crippen LogP contribution in [0.25, 0.3) is 11.3 Å². The van der Waals surface area contributed by atoms with Crippen LogP contribution in [0.2, 0.25) is 0 Å². The van der Waals surface area contributed by atoms with Crippen LogP contribution in [-0.2, 0) is 4.79 Å². The minimum atomic E-state index is -0.320. The van der Waals surface area contributed by atoms with Gasteiger partial charge in [0, 0.05) is 49.9 Å². The summed E-state index contributed by atoms with van der Waals surface area (Å²) < 4.78 is 13.4. The third-order valence-electron chi connectivity index (χ3n) is 6.32. The number of piperazine rings is 1. The molecule has 4 rings (SSSR count). The maximum absolute atomic E-state index is 13.4. The van der Waals surface area contributed by atoms with Crippen molar-refractivity contribution in [3.63, 3.8) is 0 Å². The van der Waals surface area contributed by atoms with Gasteiger partial charge in [-0.25, -0.2) is 4.39 Å². The Labute approximate surface area is 182 Å². The Balaban J connectivity index is 1.34. The van der Waals surface area contributed by atoms with Crippen LogP contribution in [0.3, 0.4) is 0 Å². The Kier molecular flexibility index (Phi) is 6.61. The summed E-state index contributed by atoms with van der Waals surface area (Å²) in [6, 6.07) is 9.65. The molecule has 2 aromatic rings. The van der Waals surface area contributed by atoms with E-state index in [-0.39, 0.29) is 29.6 Å². The number of nitrogens with one attached hydrogen (secondary N) is 1. The number of carbonyl (C=O) groups is 2. The van der Waals surface area contributed by atoms with Crippen LogP contribution >= 0.6 is 0 Å². The molecule has 31 heavy (non-hydrogen) atoms. The number of halogens is 1. The van der Waals surface area contributed by atoms with E-state index in [1.54, 1.807) is 24.3 Å². The fraction of sp³-hybridized carbons (Fsp3) is 0.458. The molecule has 1 saturated carbocycles. The van der Waals surface area contributed by atoms with Crippen molar-refractivity contribution >= 4 is 11.8 Å². The molecule has 7 heteroatoms. The average molecular weight is 425 g/mol. The van der Waals surface area contributed by atoms with E-state index >= 15 is 0 Å². The van der Waals surface area contributed by atoms with Crippen molar-refractivity contribution in [2.45, 2.75) is 31.7 Å². The van der Waals surface area contributed by atoms with Gasteiger partial charge in [0.05, 0.1) is 11.3 Å². The Morgan fingerprint density at radius 1 is 1.10 bits per heavy atom. The van der Waals surface area contributed by atoms with Gasteiger partial charge in [-0.05, 0) is 50.6 Å². The standard InChI is InChI=1S/C24H29FN4O2/c1-28-10-12-29(13-11-28)24(31)18-5-3-7-21(15-18)27-23(30)19-8-9-22(26-16-19)17-4-2-6-20(25)14-17/h2,4,6,8-9,14,16,18,21H,3,5,7,10-13,15H2,1H3,(H,27,30). The summed E-state index contributed by atoms with van der Waals surface area (Å²) in [7, 11) is 2.08. The first kappa shape index (κ1) is 21.4. The van der Waals surface area contributed by atoms with Crippen molar-refractivity contribution in [2.24, 2.45) is 5.92 Å². The Morgan fingerprint density at radius 2 is 1.90 bits per heavy atom. The van der Waals surface area contributed by atoms with E-state index in [0.29, 0.717) is 23.2 Å². The van der Waals surface area contributed by atoms with Crippen LogP contribution in [0.4, 0.5) is 4.39 Å². The lowest BCUT2D eigenvalue weighted by Gasteiger charge is -2.37. The third kappa shape index (κ3) is 5.28. The van der Waals surface area contributed by atoms with Crippen LogP contribution in [0.1, 0.15) is 36.0 Å². The topological polar surface area (TPSA) is 65.5 Å². The minimum Gasteiger partial charge on any atom is -0.349 e. The van der Waals surface area contributed by atoms with E-state index in [4.69, 9.17) is 0 Å². The summed E-state index contributed by atoms with van der Waals surface area (Å²) in [4.78, 5) is 34.2. The zero-order valence-corrected chi connectivity index (χ0v) is 17.9. The molecule has 6 nitrogen and oxygen atoms in total. The largest absolute Gasteiger partial charge is 0.349 e. The monoisotopic (exact) mass is 424 g/mol. The van der Waals surface area contributed by atoms with E-state index in [1.807, 2.05) is 4.90 Å². The van der Waals surface area contributed by atoms with Gasteiger partial charge in [-0.15, -0.1) is 0 Å². The van der Waals surface area contributed by atoms with E-state index in [9.17, 15) is 14.0 Å². The molecule has 1 aliphatic carbocycles. The van der Waals surface area contributed by atoms with E-state index in [2.05, 4.69) is 22.2 Å². The molecule has 1 saturated heterocycles. The molecular weight excluding hydrogens is 395 g/mol. The number of rotatable bonds is 4. The van der Waals surface area contributed by atoms with Gasteiger partial charge in [0.1, 0.15) is 5.82 Å². The Morgan fingerprint density at radius 3 is 2.61 bits per heavy atom. The first-order valence-electron chi connectivity index (χ1n) is 11.0. The van der Waals surface area contributed by atoms with Gasteiger partial charge >= 0.3 is 0 Å². The van der Waals surface area contributed by atoms with Gasteiger partial charge in [0.25, 0.3) is 5.91 Å². The number of benzene rings is 1. The molecule has 1 aromatic carbocycles. The highest BCUT2D eigenvalue weighted by atomic mass is 19.1. The van der Waals surface area contributed by atoms with E-state index in [0.717, 1.165) is 45.4 Å². The molecule has 0 bridgehead atoms. The molecular formula is C24H29FN4O2. The lowest BCUT2D eigenvalue weighted by Crippen LogP contribution is -2.50. The quantitative estimate of drug-likeness (QED) is 0.820. The molecule has 1 N–H and O–H groups in total. The van der Waals surface area contributed by atoms with Crippen molar-refractivity contribution in [3.8, 4) is 11.3 Å². The summed E-state index contributed by atoms with van der Waals surface area (Å²) in [5, 5.41) is 3.08. The maximum Gasteiger partial charge on any atom is 0.253 e. The summed E-state index contributed by atoms with van der Waals surface area (Å²) in [5.74, 6) is -0.292. The molecule has 0 radical (unpaired) electrons. The molecule has 2 unspecified atom stereocenters. The zero-order valence-electron chi connectivity index (χ0n) is 17.9. The van der Waals surface area contributed by atoms with Gasteiger partial charge in [-0.1, -0.05) is 18.6 Å². The van der Waals surface area contributed by atoms with E-state index in [1.165, 1.54) is 18.3 Å². The lowest BCUT2D eigenvalue weighted by molar-refractivity contribution is -0.138. The second kappa shape index (κ2) is 9.56. The fourth-order valence-corrected chi connectivity index (χ4v) is 4.45. The van der Waals surface area contributed by atoms with Gasteiger partial charge in [0.15, 0.2) is 0 Å². The predicted molar refractivity (Wildman–Crippen MR) is 117 cm³/mol. The summed E-state index contributed by atoms with van der Waals surface area (Å²) in [6.07, 6.45) is 4.91. The molecule has 2 amide bonds. The Hall–Kier alpha value is -2.80. The SMILES string of the molecule is CN1CCN(C(=O)C2CCCC(NC(=O)c3ccc(-c4cccc(F)c4)nc3)C2)CC1. The smallest absolute Gasteiger partial charge is 0.253 e. The second-order valence-corrected chi connectivity index (χ2v) is 8.60. The van der Waals surface area contributed by atoms with Crippen molar-refractivity contribution < 1.29 is 14.0 Å². The third-order valence-corrected chi connectivity index (χ3v) is 6.32. The number of likely N-dealkylation sites (N-methyl/N-ethyl adjacent to an activating group) is 1. The number of hydrogen-bond acceptors (Lipinski definition) is 4. The predicted octanol–water partition coefficient (Wildman–Crippen LogP) is 2.95. The van der Waals surface area contributed by atoms with Crippen LogP contribution in [-0.4, -0.2) is 65.9 Å². The molecule has 2 atom stereocenters. The molecule has 1 aromatic heterocycles. The van der Waals surface area contributed by atoms with Gasteiger partial charge in [-0.2, -0.15) is 0 Å². The fourth-order valence-electron chi connectivity index (χ4n) is 4.45. The number of hydrogen-bond donors (Lipinski definition) is 1. The summed E-state index contributed by atoms with van der Waals surface area (Å²) >= 11 is 0. The number of pyridine rings is 1. The number of carbonyl (C=O) groups excluding carboxylic acids is 2. The van der Waals surface area contributed by atoms with Gasteiger partial charge < -0.3 is 15.1 Å². The van der Waals surface area contributed by atoms with Gasteiger partial charge in [0.2, 0.25) is 5.91 Å². The number of amides is 2. The van der Waals surface area contributed by atoms with Crippen LogP contribution in [0, 0.1) is 11.7 Å². The number of nitrogens with zero attached hydrogens (tertiary/aromatic N) is 3. The Bertz CT molecular complexity index is 925. The highest BCUT2D eigenvalue weighted by Crippen LogP contribution is 2.27. The van der Waals surface area contributed by atoms with Crippen LogP contribution in [0.5, 0.6) is 0 Å².